The van der Waals surface area contributed by atoms with E-state index in [0.29, 0.717) is 6.10 Å². The zero-order valence-electron chi connectivity index (χ0n) is 11.0. The van der Waals surface area contributed by atoms with Crippen molar-refractivity contribution in [2.75, 3.05) is 5.73 Å². The van der Waals surface area contributed by atoms with E-state index in [-0.39, 0.29) is 5.60 Å². The molecule has 0 amide bonds. The summed E-state index contributed by atoms with van der Waals surface area (Å²) >= 11 is 0. The summed E-state index contributed by atoms with van der Waals surface area (Å²) in [5, 5.41) is 1.20. The number of aromatic nitrogens is 1. The van der Waals surface area contributed by atoms with Gasteiger partial charge in [-0.2, -0.15) is 0 Å². The Morgan fingerprint density at radius 2 is 2.22 bits per heavy atom. The Morgan fingerprint density at radius 1 is 1.39 bits per heavy atom. The Morgan fingerprint density at radius 3 is 2.94 bits per heavy atom. The van der Waals surface area contributed by atoms with E-state index in [4.69, 9.17) is 10.5 Å². The van der Waals surface area contributed by atoms with E-state index in [9.17, 15) is 0 Å². The smallest absolute Gasteiger partial charge is 0.0762 e. The van der Waals surface area contributed by atoms with Crippen molar-refractivity contribution in [1.29, 1.82) is 0 Å². The SMILES string of the molecule is CC1(C)CCC(Cn2ccc3cc(N)ccc32)O1. The first-order chi connectivity index (χ1) is 8.53. The maximum atomic E-state index is 6.05. The van der Waals surface area contributed by atoms with E-state index in [1.54, 1.807) is 0 Å². The monoisotopic (exact) mass is 244 g/mol. The predicted octanol–water partition coefficient (Wildman–Crippen LogP) is 3.18. The zero-order valence-corrected chi connectivity index (χ0v) is 11.0. The molecule has 96 valence electrons. The summed E-state index contributed by atoms with van der Waals surface area (Å²) in [6.45, 7) is 5.26. The molecule has 1 aliphatic rings. The van der Waals surface area contributed by atoms with Crippen molar-refractivity contribution in [3.63, 3.8) is 0 Å². The van der Waals surface area contributed by atoms with Crippen LogP contribution < -0.4 is 5.73 Å². The Balaban J connectivity index is 1.83. The first-order valence-electron chi connectivity index (χ1n) is 6.56. The molecule has 0 bridgehead atoms. The molecule has 1 saturated heterocycles. The largest absolute Gasteiger partial charge is 0.399 e. The van der Waals surface area contributed by atoms with Gasteiger partial charge in [0.2, 0.25) is 0 Å². The van der Waals surface area contributed by atoms with E-state index in [0.717, 1.165) is 25.1 Å². The van der Waals surface area contributed by atoms with Gasteiger partial charge in [0, 0.05) is 29.3 Å². The van der Waals surface area contributed by atoms with Crippen LogP contribution in [0.5, 0.6) is 0 Å². The third-order valence-corrected chi connectivity index (χ3v) is 3.75. The van der Waals surface area contributed by atoms with Gasteiger partial charge in [-0.05, 0) is 51.0 Å². The molecule has 2 N–H and O–H groups in total. The Bertz CT molecular complexity index is 571. The number of nitrogens with two attached hydrogens (primary N) is 1. The van der Waals surface area contributed by atoms with Crippen LogP contribution in [0, 0.1) is 0 Å². The summed E-state index contributed by atoms with van der Waals surface area (Å²) in [7, 11) is 0. The van der Waals surface area contributed by atoms with Gasteiger partial charge in [-0.3, -0.25) is 0 Å². The predicted molar refractivity (Wildman–Crippen MR) is 74.5 cm³/mol. The summed E-state index contributed by atoms with van der Waals surface area (Å²) in [5.41, 5.74) is 7.89. The summed E-state index contributed by atoms with van der Waals surface area (Å²) in [4.78, 5) is 0. The molecule has 1 aromatic heterocycles. The molecular formula is C15H20N2O. The first kappa shape index (κ1) is 11.6. The van der Waals surface area contributed by atoms with Gasteiger partial charge in [0.1, 0.15) is 0 Å². The quantitative estimate of drug-likeness (QED) is 0.824. The average molecular weight is 244 g/mol. The number of nitrogens with zero attached hydrogens (tertiary/aromatic N) is 1. The molecule has 2 aromatic rings. The highest BCUT2D eigenvalue weighted by Gasteiger charge is 2.31. The average Bonchev–Trinajstić information content (AvgIpc) is 2.83. The highest BCUT2D eigenvalue weighted by atomic mass is 16.5. The molecule has 0 radical (unpaired) electrons. The normalized spacial score (nSPS) is 22.7. The van der Waals surface area contributed by atoms with Crippen LogP contribution in [0.3, 0.4) is 0 Å². The lowest BCUT2D eigenvalue weighted by atomic mass is 10.1. The van der Waals surface area contributed by atoms with Crippen LogP contribution in [0.15, 0.2) is 30.5 Å². The lowest BCUT2D eigenvalue weighted by Gasteiger charge is -2.19. The molecule has 1 aromatic carbocycles. The number of hydrogen-bond acceptors (Lipinski definition) is 2. The van der Waals surface area contributed by atoms with Crippen LogP contribution in [0.25, 0.3) is 10.9 Å². The number of rotatable bonds is 2. The van der Waals surface area contributed by atoms with Crippen LogP contribution in [0.1, 0.15) is 26.7 Å². The molecule has 3 nitrogen and oxygen atoms in total. The van der Waals surface area contributed by atoms with E-state index >= 15 is 0 Å². The molecule has 0 saturated carbocycles. The highest BCUT2D eigenvalue weighted by Crippen LogP contribution is 2.31. The van der Waals surface area contributed by atoms with Crippen molar-refractivity contribution < 1.29 is 4.74 Å². The second kappa shape index (κ2) is 4.02. The Hall–Kier alpha value is -1.48. The lowest BCUT2D eigenvalue weighted by Crippen LogP contribution is -2.22. The minimum Gasteiger partial charge on any atom is -0.399 e. The van der Waals surface area contributed by atoms with Crippen molar-refractivity contribution in [2.45, 2.75) is 44.9 Å². The standard InChI is InChI=1S/C15H20N2O/c1-15(2)7-5-13(18-15)10-17-8-6-11-9-12(16)3-4-14(11)17/h3-4,6,8-9,13H,5,7,10,16H2,1-2H3. The highest BCUT2D eigenvalue weighted by molar-refractivity contribution is 5.83. The van der Waals surface area contributed by atoms with Crippen molar-refractivity contribution in [2.24, 2.45) is 0 Å². The van der Waals surface area contributed by atoms with Crippen LogP contribution in [-0.4, -0.2) is 16.3 Å². The van der Waals surface area contributed by atoms with Gasteiger partial charge in [0.15, 0.2) is 0 Å². The van der Waals surface area contributed by atoms with Crippen LogP contribution in [0.2, 0.25) is 0 Å². The second-order valence-corrected chi connectivity index (χ2v) is 5.82. The molecule has 1 atom stereocenters. The van der Waals surface area contributed by atoms with Gasteiger partial charge in [-0.1, -0.05) is 0 Å². The van der Waals surface area contributed by atoms with Gasteiger partial charge in [0.25, 0.3) is 0 Å². The molecule has 1 unspecified atom stereocenters. The molecule has 0 aliphatic carbocycles. The van der Waals surface area contributed by atoms with Crippen LogP contribution >= 0.6 is 0 Å². The van der Waals surface area contributed by atoms with Gasteiger partial charge in [-0.15, -0.1) is 0 Å². The van der Waals surface area contributed by atoms with E-state index < -0.39 is 0 Å². The molecule has 18 heavy (non-hydrogen) atoms. The fourth-order valence-corrected chi connectivity index (χ4v) is 2.80. The number of nitrogen functional groups attached to an aromatic ring is 1. The van der Waals surface area contributed by atoms with Crippen molar-refractivity contribution >= 4 is 16.6 Å². The van der Waals surface area contributed by atoms with Crippen LogP contribution in [0.4, 0.5) is 5.69 Å². The fourth-order valence-electron chi connectivity index (χ4n) is 2.80. The molecular weight excluding hydrogens is 224 g/mol. The number of hydrogen-bond donors (Lipinski definition) is 1. The maximum absolute atomic E-state index is 6.05. The number of benzene rings is 1. The maximum Gasteiger partial charge on any atom is 0.0762 e. The van der Waals surface area contributed by atoms with Gasteiger partial charge in [-0.25, -0.2) is 0 Å². The van der Waals surface area contributed by atoms with E-state index in [1.807, 2.05) is 12.1 Å². The third kappa shape index (κ3) is 2.10. The summed E-state index contributed by atoms with van der Waals surface area (Å²) in [6.07, 6.45) is 4.73. The van der Waals surface area contributed by atoms with Gasteiger partial charge >= 0.3 is 0 Å². The first-order valence-corrected chi connectivity index (χ1v) is 6.56. The number of anilines is 1. The van der Waals surface area contributed by atoms with Gasteiger partial charge < -0.3 is 15.0 Å². The minimum atomic E-state index is 0.0397. The van der Waals surface area contributed by atoms with Crippen molar-refractivity contribution in [3.8, 4) is 0 Å². The molecule has 1 fully saturated rings. The topological polar surface area (TPSA) is 40.2 Å². The lowest BCUT2D eigenvalue weighted by molar-refractivity contribution is -0.0212. The third-order valence-electron chi connectivity index (χ3n) is 3.75. The number of fused-ring (bicyclic) bond motifs is 1. The fraction of sp³-hybridized carbons (Fsp3) is 0.467. The van der Waals surface area contributed by atoms with E-state index in [1.165, 1.54) is 10.9 Å². The molecule has 3 heteroatoms. The molecule has 0 spiro atoms. The van der Waals surface area contributed by atoms with Crippen LogP contribution in [-0.2, 0) is 11.3 Å². The Labute approximate surface area is 108 Å². The van der Waals surface area contributed by atoms with Crippen molar-refractivity contribution in [3.05, 3.63) is 30.5 Å². The minimum absolute atomic E-state index is 0.0397. The molecule has 3 rings (SSSR count). The summed E-state index contributed by atoms with van der Waals surface area (Å²) in [5.74, 6) is 0. The van der Waals surface area contributed by atoms with Gasteiger partial charge in [0.05, 0.1) is 11.7 Å². The second-order valence-electron chi connectivity index (χ2n) is 5.82. The van der Waals surface area contributed by atoms with Crippen molar-refractivity contribution in [1.82, 2.24) is 4.57 Å². The molecule has 1 aliphatic heterocycles. The molecule has 2 heterocycles. The summed E-state index contributed by atoms with van der Waals surface area (Å²) < 4.78 is 8.31. The Kier molecular flexibility index (Phi) is 2.59. The van der Waals surface area contributed by atoms with E-state index in [2.05, 4.69) is 36.7 Å². The zero-order chi connectivity index (χ0) is 12.8. The number of ether oxygens (including phenoxy) is 1. The summed E-state index contributed by atoms with van der Waals surface area (Å²) in [6, 6.07) is 8.18.